The van der Waals surface area contributed by atoms with Crippen molar-refractivity contribution < 1.29 is 13.9 Å². The number of nitrogens with two attached hydrogens (primary N) is 1. The monoisotopic (exact) mass is 264 g/mol. The Morgan fingerprint density at radius 2 is 2.32 bits per heavy atom. The molecule has 0 bridgehead atoms. The van der Waals surface area contributed by atoms with E-state index in [-0.39, 0.29) is 18.2 Å². The van der Waals surface area contributed by atoms with Crippen molar-refractivity contribution in [3.8, 4) is 5.75 Å². The summed E-state index contributed by atoms with van der Waals surface area (Å²) in [5, 5.41) is 6.51. The number of aromatic nitrogens is 2. The lowest BCUT2D eigenvalue weighted by atomic mass is 10.3. The molecule has 0 saturated heterocycles. The van der Waals surface area contributed by atoms with E-state index in [0.29, 0.717) is 11.5 Å². The second-order valence-electron chi connectivity index (χ2n) is 3.83. The molecule has 7 heteroatoms. The van der Waals surface area contributed by atoms with Gasteiger partial charge in [0.15, 0.2) is 0 Å². The maximum Gasteiger partial charge on any atom is 0.246 e. The fraction of sp³-hybridized carbons (Fsp3) is 0.167. The summed E-state index contributed by atoms with van der Waals surface area (Å²) >= 11 is 0. The van der Waals surface area contributed by atoms with E-state index in [4.69, 9.17) is 10.5 Å². The van der Waals surface area contributed by atoms with Crippen LogP contribution in [0.15, 0.2) is 30.5 Å². The number of carbonyl (C=O) groups excluding carboxylic acids is 1. The summed E-state index contributed by atoms with van der Waals surface area (Å²) in [6.45, 7) is 0.0116. The van der Waals surface area contributed by atoms with E-state index in [1.54, 1.807) is 12.3 Å². The number of nitrogens with one attached hydrogen (secondary N) is 1. The first-order valence-electron chi connectivity index (χ1n) is 5.51. The highest BCUT2D eigenvalue weighted by Crippen LogP contribution is 2.24. The van der Waals surface area contributed by atoms with Crippen molar-refractivity contribution in [2.45, 2.75) is 6.54 Å². The smallest absolute Gasteiger partial charge is 0.246 e. The Morgan fingerprint density at radius 3 is 2.95 bits per heavy atom. The summed E-state index contributed by atoms with van der Waals surface area (Å²) in [6, 6.07) is 5.46. The minimum absolute atomic E-state index is 0.0116. The second-order valence-corrected chi connectivity index (χ2v) is 3.83. The number of anilines is 2. The highest BCUT2D eigenvalue weighted by molar-refractivity contribution is 5.92. The van der Waals surface area contributed by atoms with Crippen molar-refractivity contribution in [3.63, 3.8) is 0 Å². The molecular weight excluding hydrogens is 251 g/mol. The standard InChI is InChI=1S/C12H13FN4O2/c1-19-10-6-8(13)2-3-9(10)15-12(18)7-17-5-4-11(14)16-17/h2-6H,7H2,1H3,(H2,14,16)(H,15,18). The van der Waals surface area contributed by atoms with Crippen LogP contribution in [0, 0.1) is 5.82 Å². The first kappa shape index (κ1) is 12.9. The van der Waals surface area contributed by atoms with E-state index in [0.717, 1.165) is 0 Å². The molecule has 0 aliphatic rings. The molecule has 0 aliphatic carbocycles. The maximum absolute atomic E-state index is 13.0. The normalized spacial score (nSPS) is 10.2. The van der Waals surface area contributed by atoms with Crippen molar-refractivity contribution in [2.75, 3.05) is 18.2 Å². The molecule has 0 unspecified atom stereocenters. The molecule has 2 rings (SSSR count). The van der Waals surface area contributed by atoms with Crippen LogP contribution in [0.1, 0.15) is 0 Å². The topological polar surface area (TPSA) is 82.2 Å². The van der Waals surface area contributed by atoms with Gasteiger partial charge in [0.25, 0.3) is 0 Å². The second kappa shape index (κ2) is 5.38. The number of hydrogen-bond acceptors (Lipinski definition) is 4. The van der Waals surface area contributed by atoms with E-state index in [2.05, 4.69) is 10.4 Å². The van der Waals surface area contributed by atoms with Crippen LogP contribution >= 0.6 is 0 Å². The summed E-state index contributed by atoms with van der Waals surface area (Å²) < 4.78 is 19.4. The van der Waals surface area contributed by atoms with Crippen molar-refractivity contribution in [1.82, 2.24) is 9.78 Å². The van der Waals surface area contributed by atoms with Crippen LogP contribution in [0.25, 0.3) is 0 Å². The zero-order chi connectivity index (χ0) is 13.8. The third-order valence-electron chi connectivity index (χ3n) is 2.40. The van der Waals surface area contributed by atoms with Gasteiger partial charge in [-0.25, -0.2) is 4.39 Å². The molecule has 6 nitrogen and oxygen atoms in total. The van der Waals surface area contributed by atoms with E-state index < -0.39 is 5.82 Å². The highest BCUT2D eigenvalue weighted by Gasteiger charge is 2.09. The number of rotatable bonds is 4. The largest absolute Gasteiger partial charge is 0.494 e. The maximum atomic E-state index is 13.0. The molecule has 1 aromatic heterocycles. The molecule has 1 heterocycles. The summed E-state index contributed by atoms with van der Waals surface area (Å²) in [4.78, 5) is 11.8. The van der Waals surface area contributed by atoms with Crippen LogP contribution in [0.5, 0.6) is 5.75 Å². The van der Waals surface area contributed by atoms with Gasteiger partial charge in [-0.05, 0) is 18.2 Å². The molecule has 1 amide bonds. The Morgan fingerprint density at radius 1 is 1.53 bits per heavy atom. The Balaban J connectivity index is 2.06. The van der Waals surface area contributed by atoms with Gasteiger partial charge in [0.2, 0.25) is 5.91 Å². The number of nitrogen functional groups attached to an aromatic ring is 1. The molecule has 2 aromatic rings. The van der Waals surface area contributed by atoms with Gasteiger partial charge in [0.05, 0.1) is 12.8 Å². The van der Waals surface area contributed by atoms with Crippen molar-refractivity contribution in [2.24, 2.45) is 0 Å². The van der Waals surface area contributed by atoms with Crippen molar-refractivity contribution >= 4 is 17.4 Å². The number of halogens is 1. The van der Waals surface area contributed by atoms with Gasteiger partial charge in [0.1, 0.15) is 23.9 Å². The molecule has 19 heavy (non-hydrogen) atoms. The lowest BCUT2D eigenvalue weighted by Gasteiger charge is -2.10. The first-order valence-corrected chi connectivity index (χ1v) is 5.51. The summed E-state index contributed by atoms with van der Waals surface area (Å²) in [6.07, 6.45) is 1.59. The Labute approximate surface area is 109 Å². The third-order valence-corrected chi connectivity index (χ3v) is 2.40. The molecule has 0 saturated carbocycles. The number of methoxy groups -OCH3 is 1. The van der Waals surface area contributed by atoms with Gasteiger partial charge in [-0.1, -0.05) is 0 Å². The van der Waals surface area contributed by atoms with Crippen LogP contribution in [0.3, 0.4) is 0 Å². The van der Waals surface area contributed by atoms with E-state index in [1.165, 1.54) is 30.0 Å². The number of hydrogen-bond donors (Lipinski definition) is 2. The van der Waals surface area contributed by atoms with Gasteiger partial charge in [0, 0.05) is 12.3 Å². The number of ether oxygens (including phenoxy) is 1. The number of benzene rings is 1. The predicted molar refractivity (Wildman–Crippen MR) is 68.2 cm³/mol. The van der Waals surface area contributed by atoms with Crippen molar-refractivity contribution in [1.29, 1.82) is 0 Å². The minimum Gasteiger partial charge on any atom is -0.494 e. The number of carbonyl (C=O) groups is 1. The van der Waals surface area contributed by atoms with E-state index in [1.807, 2.05) is 0 Å². The van der Waals surface area contributed by atoms with Crippen molar-refractivity contribution in [3.05, 3.63) is 36.3 Å². The summed E-state index contributed by atoms with van der Waals surface area (Å²) in [5.41, 5.74) is 5.84. The number of nitrogens with zero attached hydrogens (tertiary/aromatic N) is 2. The quantitative estimate of drug-likeness (QED) is 0.870. The molecule has 0 fully saturated rings. The lowest BCUT2D eigenvalue weighted by molar-refractivity contribution is -0.116. The predicted octanol–water partition coefficient (Wildman–Crippen LogP) is 1.25. The average Bonchev–Trinajstić information content (AvgIpc) is 2.76. The molecule has 3 N–H and O–H groups in total. The molecule has 1 aromatic carbocycles. The molecule has 0 aliphatic heterocycles. The fourth-order valence-electron chi connectivity index (χ4n) is 1.57. The highest BCUT2D eigenvalue weighted by atomic mass is 19.1. The average molecular weight is 264 g/mol. The number of amides is 1. The Hall–Kier alpha value is -2.57. The minimum atomic E-state index is -0.435. The van der Waals surface area contributed by atoms with Crippen LogP contribution in [0.4, 0.5) is 15.9 Å². The zero-order valence-electron chi connectivity index (χ0n) is 10.3. The molecule has 0 spiro atoms. The van der Waals surface area contributed by atoms with Crippen LogP contribution in [0.2, 0.25) is 0 Å². The fourth-order valence-corrected chi connectivity index (χ4v) is 1.57. The third kappa shape index (κ3) is 3.21. The Bertz CT molecular complexity index is 597. The summed E-state index contributed by atoms with van der Waals surface area (Å²) in [5.74, 6) is -0.150. The van der Waals surface area contributed by atoms with Gasteiger partial charge in [-0.15, -0.1) is 0 Å². The SMILES string of the molecule is COc1cc(F)ccc1NC(=O)Cn1ccc(N)n1. The molecule has 100 valence electrons. The van der Waals surface area contributed by atoms with Crippen LogP contribution < -0.4 is 15.8 Å². The van der Waals surface area contributed by atoms with Gasteiger partial charge in [-0.3, -0.25) is 9.48 Å². The Kier molecular flexibility index (Phi) is 3.65. The van der Waals surface area contributed by atoms with Crippen LogP contribution in [-0.4, -0.2) is 22.8 Å². The van der Waals surface area contributed by atoms with E-state index >= 15 is 0 Å². The van der Waals surface area contributed by atoms with E-state index in [9.17, 15) is 9.18 Å². The zero-order valence-corrected chi connectivity index (χ0v) is 10.3. The summed E-state index contributed by atoms with van der Waals surface area (Å²) in [7, 11) is 1.40. The van der Waals surface area contributed by atoms with Gasteiger partial charge < -0.3 is 15.8 Å². The molecular formula is C12H13FN4O2. The van der Waals surface area contributed by atoms with Gasteiger partial charge >= 0.3 is 0 Å². The molecule has 0 radical (unpaired) electrons. The lowest BCUT2D eigenvalue weighted by Crippen LogP contribution is -2.19. The first-order chi connectivity index (χ1) is 9.08. The molecule has 0 atom stereocenters. The van der Waals surface area contributed by atoms with Gasteiger partial charge in [-0.2, -0.15) is 5.10 Å². The van der Waals surface area contributed by atoms with Crippen LogP contribution in [-0.2, 0) is 11.3 Å².